The zero-order valence-corrected chi connectivity index (χ0v) is 11.6. The molecule has 0 N–H and O–H groups in total. The molecule has 104 valence electrons. The number of benzene rings is 1. The van der Waals surface area contributed by atoms with E-state index in [2.05, 4.69) is 28.4 Å². The van der Waals surface area contributed by atoms with Crippen molar-refractivity contribution in [3.63, 3.8) is 0 Å². The van der Waals surface area contributed by atoms with Crippen molar-refractivity contribution in [1.82, 2.24) is 9.38 Å². The standard InChI is InChI=1S/C17H15N3O/c21-19-17-16(18-15-7-3-4-10-20(15)17)14-9-8-12-5-1-2-6-13(12)11-14/h3-4,7-11H,1-2,5-6H2. The van der Waals surface area contributed by atoms with Crippen LogP contribution in [0, 0.1) is 4.91 Å². The van der Waals surface area contributed by atoms with E-state index in [4.69, 9.17) is 0 Å². The zero-order chi connectivity index (χ0) is 14.2. The molecular weight excluding hydrogens is 262 g/mol. The van der Waals surface area contributed by atoms with E-state index in [1.54, 1.807) is 4.40 Å². The SMILES string of the molecule is O=Nc1c(-c2ccc3c(c2)CCCC3)nc2ccccn12. The summed E-state index contributed by atoms with van der Waals surface area (Å²) in [5, 5.41) is 3.20. The lowest BCUT2D eigenvalue weighted by Crippen LogP contribution is -2.02. The molecule has 0 unspecified atom stereocenters. The molecule has 3 aromatic rings. The van der Waals surface area contributed by atoms with Gasteiger partial charge in [0.15, 0.2) is 0 Å². The molecule has 1 aliphatic rings. The second-order valence-electron chi connectivity index (χ2n) is 5.49. The second-order valence-corrected chi connectivity index (χ2v) is 5.49. The van der Waals surface area contributed by atoms with E-state index in [1.807, 2.05) is 24.4 Å². The van der Waals surface area contributed by atoms with Crippen molar-refractivity contribution in [2.75, 3.05) is 0 Å². The van der Waals surface area contributed by atoms with E-state index >= 15 is 0 Å². The van der Waals surface area contributed by atoms with E-state index in [1.165, 1.54) is 24.0 Å². The number of pyridine rings is 1. The van der Waals surface area contributed by atoms with Gasteiger partial charge in [-0.05, 0) is 60.2 Å². The average Bonchev–Trinajstić information content (AvgIpc) is 2.93. The summed E-state index contributed by atoms with van der Waals surface area (Å²) >= 11 is 0. The van der Waals surface area contributed by atoms with Gasteiger partial charge in [0.2, 0.25) is 5.82 Å². The number of nitrogens with zero attached hydrogens (tertiary/aromatic N) is 3. The molecule has 0 saturated heterocycles. The molecular formula is C17H15N3O. The summed E-state index contributed by atoms with van der Waals surface area (Å²) in [5.41, 5.74) is 5.21. The van der Waals surface area contributed by atoms with Crippen molar-refractivity contribution in [2.45, 2.75) is 25.7 Å². The van der Waals surface area contributed by atoms with E-state index < -0.39 is 0 Å². The normalized spacial score (nSPS) is 14.1. The fourth-order valence-electron chi connectivity index (χ4n) is 3.14. The summed E-state index contributed by atoms with van der Waals surface area (Å²) in [6.45, 7) is 0. The molecule has 1 aliphatic carbocycles. The molecule has 4 nitrogen and oxygen atoms in total. The number of aryl methyl sites for hydroxylation is 2. The lowest BCUT2D eigenvalue weighted by Gasteiger charge is -2.16. The van der Waals surface area contributed by atoms with Crippen molar-refractivity contribution in [2.24, 2.45) is 5.18 Å². The first-order chi connectivity index (χ1) is 10.4. The summed E-state index contributed by atoms with van der Waals surface area (Å²) in [4.78, 5) is 15.8. The maximum atomic E-state index is 11.3. The van der Waals surface area contributed by atoms with Crippen LogP contribution in [0.4, 0.5) is 5.82 Å². The maximum absolute atomic E-state index is 11.3. The molecule has 0 bridgehead atoms. The first-order valence-corrected chi connectivity index (χ1v) is 7.29. The van der Waals surface area contributed by atoms with Gasteiger partial charge in [0.25, 0.3) is 0 Å². The highest BCUT2D eigenvalue weighted by Crippen LogP contribution is 2.33. The van der Waals surface area contributed by atoms with Gasteiger partial charge < -0.3 is 0 Å². The van der Waals surface area contributed by atoms with Gasteiger partial charge in [0.1, 0.15) is 11.3 Å². The Kier molecular flexibility index (Phi) is 2.81. The Morgan fingerprint density at radius 1 is 1.05 bits per heavy atom. The van der Waals surface area contributed by atoms with Crippen molar-refractivity contribution in [3.8, 4) is 11.3 Å². The molecule has 0 amide bonds. The third kappa shape index (κ3) is 1.95. The third-order valence-electron chi connectivity index (χ3n) is 4.21. The minimum atomic E-state index is 0.376. The van der Waals surface area contributed by atoms with E-state index in [0.717, 1.165) is 24.1 Å². The van der Waals surface area contributed by atoms with Crippen LogP contribution in [-0.2, 0) is 12.8 Å². The van der Waals surface area contributed by atoms with E-state index in [9.17, 15) is 4.91 Å². The summed E-state index contributed by atoms with van der Waals surface area (Å²) < 4.78 is 1.74. The third-order valence-corrected chi connectivity index (χ3v) is 4.21. The molecule has 2 aromatic heterocycles. The van der Waals surface area contributed by atoms with Crippen LogP contribution in [0.1, 0.15) is 24.0 Å². The van der Waals surface area contributed by atoms with Gasteiger partial charge in [-0.15, -0.1) is 4.91 Å². The van der Waals surface area contributed by atoms with Gasteiger partial charge in [0, 0.05) is 11.8 Å². The minimum Gasteiger partial charge on any atom is -0.281 e. The van der Waals surface area contributed by atoms with Crippen molar-refractivity contribution < 1.29 is 0 Å². The highest BCUT2D eigenvalue weighted by atomic mass is 16.3. The topological polar surface area (TPSA) is 46.7 Å². The van der Waals surface area contributed by atoms with Crippen molar-refractivity contribution >= 4 is 11.5 Å². The van der Waals surface area contributed by atoms with Crippen molar-refractivity contribution in [1.29, 1.82) is 0 Å². The second kappa shape index (κ2) is 4.81. The number of hydrogen-bond donors (Lipinski definition) is 0. The molecule has 21 heavy (non-hydrogen) atoms. The van der Waals surface area contributed by atoms with Gasteiger partial charge in [-0.2, -0.15) is 0 Å². The highest BCUT2D eigenvalue weighted by Gasteiger charge is 2.17. The summed E-state index contributed by atoms with van der Waals surface area (Å²) in [6.07, 6.45) is 6.59. The molecule has 0 radical (unpaired) electrons. The zero-order valence-electron chi connectivity index (χ0n) is 11.6. The first kappa shape index (κ1) is 12.3. The molecule has 2 heterocycles. The number of aromatic nitrogens is 2. The summed E-state index contributed by atoms with van der Waals surface area (Å²) in [6, 6.07) is 12.1. The van der Waals surface area contributed by atoms with Crippen LogP contribution in [0.15, 0.2) is 47.8 Å². The van der Waals surface area contributed by atoms with Gasteiger partial charge in [-0.3, -0.25) is 4.40 Å². The Balaban J connectivity index is 1.91. The minimum absolute atomic E-state index is 0.376. The molecule has 0 fully saturated rings. The molecule has 4 rings (SSSR count). The molecule has 1 aromatic carbocycles. The Bertz CT molecular complexity index is 835. The quantitative estimate of drug-likeness (QED) is 0.656. The molecule has 0 atom stereocenters. The Morgan fingerprint density at radius 2 is 1.90 bits per heavy atom. The van der Waals surface area contributed by atoms with Crippen LogP contribution in [-0.4, -0.2) is 9.38 Å². The number of nitroso groups, excluding NO2 is 1. The van der Waals surface area contributed by atoms with Crippen molar-refractivity contribution in [3.05, 3.63) is 58.6 Å². The fraction of sp³-hybridized carbons (Fsp3) is 0.235. The average molecular weight is 277 g/mol. The molecule has 0 spiro atoms. The number of imidazole rings is 1. The largest absolute Gasteiger partial charge is 0.281 e. The Morgan fingerprint density at radius 3 is 2.76 bits per heavy atom. The predicted molar refractivity (Wildman–Crippen MR) is 82.7 cm³/mol. The fourth-order valence-corrected chi connectivity index (χ4v) is 3.14. The Hall–Kier alpha value is -2.49. The summed E-state index contributed by atoms with van der Waals surface area (Å²) in [7, 11) is 0. The van der Waals surface area contributed by atoms with Crippen LogP contribution < -0.4 is 0 Å². The van der Waals surface area contributed by atoms with E-state index in [-0.39, 0.29) is 0 Å². The van der Waals surface area contributed by atoms with Crippen LogP contribution in [0.3, 0.4) is 0 Å². The number of hydrogen-bond acceptors (Lipinski definition) is 3. The lowest BCUT2D eigenvalue weighted by atomic mass is 9.90. The molecule has 0 aliphatic heterocycles. The van der Waals surface area contributed by atoms with Crippen LogP contribution >= 0.6 is 0 Å². The molecule has 4 heteroatoms. The highest BCUT2D eigenvalue weighted by molar-refractivity contribution is 5.75. The Labute approximate surface area is 122 Å². The van der Waals surface area contributed by atoms with Gasteiger partial charge in [0.05, 0.1) is 0 Å². The van der Waals surface area contributed by atoms with Gasteiger partial charge in [-0.1, -0.05) is 18.2 Å². The van der Waals surface area contributed by atoms with Crippen LogP contribution in [0.2, 0.25) is 0 Å². The lowest BCUT2D eigenvalue weighted by molar-refractivity contribution is 0.686. The monoisotopic (exact) mass is 277 g/mol. The summed E-state index contributed by atoms with van der Waals surface area (Å²) in [5.74, 6) is 0.376. The molecule has 0 saturated carbocycles. The first-order valence-electron chi connectivity index (χ1n) is 7.29. The van der Waals surface area contributed by atoms with Gasteiger partial charge in [-0.25, -0.2) is 4.98 Å². The number of fused-ring (bicyclic) bond motifs is 2. The number of rotatable bonds is 2. The smallest absolute Gasteiger partial charge is 0.209 e. The maximum Gasteiger partial charge on any atom is 0.209 e. The predicted octanol–water partition coefficient (Wildman–Crippen LogP) is 4.28. The van der Waals surface area contributed by atoms with E-state index in [0.29, 0.717) is 11.5 Å². The van der Waals surface area contributed by atoms with Crippen LogP contribution in [0.25, 0.3) is 16.9 Å². The van der Waals surface area contributed by atoms with Crippen LogP contribution in [0.5, 0.6) is 0 Å². The van der Waals surface area contributed by atoms with Gasteiger partial charge >= 0.3 is 0 Å².